The Morgan fingerprint density at radius 3 is 2.40 bits per heavy atom. The highest BCUT2D eigenvalue weighted by Crippen LogP contribution is 2.51. The highest BCUT2D eigenvalue weighted by molar-refractivity contribution is 6.05. The van der Waals surface area contributed by atoms with E-state index in [0.29, 0.717) is 65.0 Å². The molecule has 4 aromatic rings. The second kappa shape index (κ2) is 17.5. The maximum absolute atomic E-state index is 13.7. The zero-order valence-electron chi connectivity index (χ0n) is 33.5. The summed E-state index contributed by atoms with van der Waals surface area (Å²) in [5, 5.41) is 12.0. The van der Waals surface area contributed by atoms with E-state index in [2.05, 4.69) is 49.8 Å². The van der Waals surface area contributed by atoms with Crippen molar-refractivity contribution in [1.29, 1.82) is 0 Å². The summed E-state index contributed by atoms with van der Waals surface area (Å²) >= 11 is 0. The number of ether oxygens (including phenoxy) is 2. The Hall–Kier alpha value is -5.64. The number of hydrogen-bond acceptors (Lipinski definition) is 9. The van der Waals surface area contributed by atoms with Crippen molar-refractivity contribution >= 4 is 29.4 Å². The van der Waals surface area contributed by atoms with Crippen molar-refractivity contribution in [2.24, 2.45) is 23.2 Å². The molecule has 310 valence electrons. The molecule has 2 fully saturated rings. The normalized spacial score (nSPS) is 19.1. The first-order chi connectivity index (χ1) is 27.5. The number of carbonyl (C=O) groups is 3. The molecule has 16 heteroatoms. The second-order valence-electron chi connectivity index (χ2n) is 16.1. The van der Waals surface area contributed by atoms with Crippen molar-refractivity contribution in [2.75, 3.05) is 43.9 Å². The van der Waals surface area contributed by atoms with Crippen LogP contribution in [0.3, 0.4) is 0 Å². The molecule has 0 unspecified atom stereocenters. The zero-order chi connectivity index (χ0) is 41.8. The summed E-state index contributed by atoms with van der Waals surface area (Å²) in [5.74, 6) is 0.517. The third-order valence-electron chi connectivity index (χ3n) is 10.8. The quantitative estimate of drug-likeness (QED) is 0.0761. The van der Waals surface area contributed by atoms with E-state index >= 15 is 0 Å². The molecule has 0 spiro atoms. The van der Waals surface area contributed by atoms with Gasteiger partial charge in [-0.1, -0.05) is 58.9 Å². The van der Waals surface area contributed by atoms with Gasteiger partial charge in [0.2, 0.25) is 5.91 Å². The van der Waals surface area contributed by atoms with Crippen LogP contribution in [0.15, 0.2) is 67.0 Å². The van der Waals surface area contributed by atoms with Crippen LogP contribution in [0.1, 0.15) is 69.7 Å². The molecule has 1 saturated heterocycles. The summed E-state index contributed by atoms with van der Waals surface area (Å²) in [6.45, 7) is 13.2. The monoisotopic (exact) mass is 804 g/mol. The number of rotatable bonds is 15. The number of pyridine rings is 1. The van der Waals surface area contributed by atoms with Gasteiger partial charge in [0.1, 0.15) is 23.4 Å². The highest BCUT2D eigenvalue weighted by Gasteiger charge is 2.44. The number of hydrogen-bond donors (Lipinski definition) is 5. The Balaban J connectivity index is 1.11. The first kappa shape index (κ1) is 42.0. The number of imidazole rings is 1. The first-order valence-corrected chi connectivity index (χ1v) is 19.4. The number of alkyl halides is 3. The molecular formula is C42H51F3N8O5. The van der Waals surface area contributed by atoms with Gasteiger partial charge in [-0.25, -0.2) is 14.8 Å². The van der Waals surface area contributed by atoms with Crippen LogP contribution in [-0.2, 0) is 9.53 Å². The average molecular weight is 805 g/mol. The van der Waals surface area contributed by atoms with Gasteiger partial charge in [0.15, 0.2) is 0 Å². The lowest BCUT2D eigenvalue weighted by Crippen LogP contribution is -2.51. The molecule has 2 aliphatic rings. The summed E-state index contributed by atoms with van der Waals surface area (Å²) in [5.41, 5.74) is 2.57. The Kier molecular flexibility index (Phi) is 12.6. The molecule has 4 atom stereocenters. The Morgan fingerprint density at radius 1 is 1.03 bits per heavy atom. The van der Waals surface area contributed by atoms with Crippen LogP contribution >= 0.6 is 0 Å². The molecule has 2 aromatic carbocycles. The predicted molar refractivity (Wildman–Crippen MR) is 214 cm³/mol. The van der Waals surface area contributed by atoms with Crippen LogP contribution in [-0.4, -0.2) is 83.5 Å². The smallest absolute Gasteiger partial charge is 0.453 e. The van der Waals surface area contributed by atoms with E-state index in [9.17, 15) is 27.6 Å². The Labute approximate surface area is 335 Å². The van der Waals surface area contributed by atoms with Gasteiger partial charge < -0.3 is 40.6 Å². The number of halogens is 3. The maximum atomic E-state index is 13.7. The number of carbonyl (C=O) groups excluding carboxylic acids is 3. The number of anilines is 2. The standard InChI is InChI=1S/C42H51F3N8O5/c1-24(2)36(52-40(56)57-6)39(55)53-23-25(3)17-33(53)37-49-22-32(51-37)27-9-7-26(8-10-27)31-13-11-28(18-34(31)58-42(43,44)45)38(54)50-30-12-14-35(48-21-30)47-16-15-46-20-29-19-41(29,4)5/h7-14,18,21-22,24-25,29,33,36,46H,15-17,19-20,23H2,1-6H3,(H,47,48)(H,49,51)(H,50,54)(H,52,56)/t25-,29+,33-,36-/m0/s1. The van der Waals surface area contributed by atoms with Crippen LogP contribution in [0.4, 0.5) is 29.5 Å². The second-order valence-corrected chi connectivity index (χ2v) is 16.1. The van der Waals surface area contributed by atoms with E-state index in [1.54, 1.807) is 47.5 Å². The number of nitrogens with zero attached hydrogens (tertiary/aromatic N) is 3. The number of amides is 3. The van der Waals surface area contributed by atoms with Crippen LogP contribution in [0.5, 0.6) is 5.75 Å². The van der Waals surface area contributed by atoms with Gasteiger partial charge in [0, 0.05) is 42.5 Å². The molecule has 2 aromatic heterocycles. The average Bonchev–Trinajstić information content (AvgIpc) is 3.48. The zero-order valence-corrected chi connectivity index (χ0v) is 33.5. The van der Waals surface area contributed by atoms with E-state index in [0.717, 1.165) is 19.2 Å². The topological polar surface area (TPSA) is 163 Å². The minimum absolute atomic E-state index is 0.0367. The maximum Gasteiger partial charge on any atom is 0.573 e. The summed E-state index contributed by atoms with van der Waals surface area (Å²) in [7, 11) is 1.25. The molecule has 3 amide bonds. The van der Waals surface area contributed by atoms with Crippen molar-refractivity contribution in [3.63, 3.8) is 0 Å². The van der Waals surface area contributed by atoms with E-state index in [4.69, 9.17) is 9.72 Å². The van der Waals surface area contributed by atoms with Crippen molar-refractivity contribution in [1.82, 2.24) is 30.5 Å². The summed E-state index contributed by atoms with van der Waals surface area (Å²) in [4.78, 5) is 52.9. The number of H-pyrrole nitrogens is 1. The summed E-state index contributed by atoms with van der Waals surface area (Å²) in [6, 6.07) is 12.9. The number of likely N-dealkylation sites (tertiary alicyclic amines) is 1. The fraction of sp³-hybridized carbons (Fsp3) is 0.452. The number of benzene rings is 2. The summed E-state index contributed by atoms with van der Waals surface area (Å²) in [6.07, 6.45) is -0.614. The predicted octanol–water partition coefficient (Wildman–Crippen LogP) is 7.63. The minimum Gasteiger partial charge on any atom is -0.453 e. The van der Waals surface area contributed by atoms with Gasteiger partial charge in [-0.2, -0.15) is 0 Å². The number of methoxy groups -OCH3 is 1. The molecule has 0 radical (unpaired) electrons. The fourth-order valence-electron chi connectivity index (χ4n) is 7.27. The summed E-state index contributed by atoms with van der Waals surface area (Å²) < 4.78 is 50.0. The molecule has 1 saturated carbocycles. The molecule has 0 bridgehead atoms. The molecule has 3 heterocycles. The van der Waals surface area contributed by atoms with Crippen LogP contribution in [0.2, 0.25) is 0 Å². The number of aromatic nitrogens is 3. The Morgan fingerprint density at radius 2 is 1.76 bits per heavy atom. The molecule has 5 N–H and O–H groups in total. The van der Waals surface area contributed by atoms with Gasteiger partial charge in [-0.05, 0) is 78.5 Å². The fourth-order valence-corrected chi connectivity index (χ4v) is 7.27. The van der Waals surface area contributed by atoms with Gasteiger partial charge >= 0.3 is 12.5 Å². The van der Waals surface area contributed by atoms with Gasteiger partial charge in [-0.15, -0.1) is 13.2 Å². The van der Waals surface area contributed by atoms with Crippen molar-refractivity contribution in [3.8, 4) is 28.1 Å². The van der Waals surface area contributed by atoms with Crippen LogP contribution in [0.25, 0.3) is 22.4 Å². The largest absolute Gasteiger partial charge is 0.573 e. The minimum atomic E-state index is -5.01. The molecule has 13 nitrogen and oxygen atoms in total. The molecule has 58 heavy (non-hydrogen) atoms. The van der Waals surface area contributed by atoms with Gasteiger partial charge in [0.25, 0.3) is 5.91 Å². The van der Waals surface area contributed by atoms with E-state index in [-0.39, 0.29) is 34.9 Å². The third kappa shape index (κ3) is 10.4. The van der Waals surface area contributed by atoms with Gasteiger partial charge in [-0.3, -0.25) is 9.59 Å². The SMILES string of the molecule is COC(=O)N[C@H](C(=O)N1C[C@@H](C)C[C@H]1c1nc(-c2ccc(-c3ccc(C(=O)Nc4ccc(NCCNC[C@H]5CC5(C)C)nc4)cc3OC(F)(F)F)cc2)c[nH]1)C(C)C. The first-order valence-electron chi connectivity index (χ1n) is 19.4. The number of aromatic amines is 1. The van der Waals surface area contributed by atoms with E-state index in [1.807, 2.05) is 20.8 Å². The van der Waals surface area contributed by atoms with Crippen LogP contribution in [0, 0.1) is 23.2 Å². The lowest BCUT2D eigenvalue weighted by molar-refractivity contribution is -0.274. The third-order valence-corrected chi connectivity index (χ3v) is 10.8. The molecule has 1 aliphatic heterocycles. The molecule has 6 rings (SSSR count). The van der Waals surface area contributed by atoms with Crippen molar-refractivity contribution in [2.45, 2.75) is 65.9 Å². The Bertz CT molecular complexity index is 2070. The van der Waals surface area contributed by atoms with E-state index in [1.165, 1.54) is 31.9 Å². The van der Waals surface area contributed by atoms with Gasteiger partial charge in [0.05, 0.1) is 30.7 Å². The highest BCUT2D eigenvalue weighted by atomic mass is 19.4. The van der Waals surface area contributed by atoms with Crippen molar-refractivity contribution in [3.05, 3.63) is 78.4 Å². The van der Waals surface area contributed by atoms with Crippen molar-refractivity contribution < 1.29 is 37.0 Å². The lowest BCUT2D eigenvalue weighted by Gasteiger charge is -2.30. The molecule has 1 aliphatic carbocycles. The molecular weight excluding hydrogens is 754 g/mol. The van der Waals surface area contributed by atoms with E-state index < -0.39 is 30.2 Å². The van der Waals surface area contributed by atoms with Crippen LogP contribution < -0.4 is 26.0 Å². The number of nitrogens with one attached hydrogen (secondary N) is 5. The lowest BCUT2D eigenvalue weighted by atomic mass is 10.00. The number of alkyl carbamates (subject to hydrolysis) is 1.